The molecule has 1 spiro atoms. The lowest BCUT2D eigenvalue weighted by atomic mass is 10.00. The summed E-state index contributed by atoms with van der Waals surface area (Å²) >= 11 is 0. The van der Waals surface area contributed by atoms with Crippen molar-refractivity contribution in [3.63, 3.8) is 0 Å². The zero-order valence-electron chi connectivity index (χ0n) is 12.0. The van der Waals surface area contributed by atoms with E-state index in [0.717, 1.165) is 19.3 Å². The molecule has 3 saturated heterocycles. The first-order chi connectivity index (χ1) is 9.85. The first kappa shape index (κ1) is 14.7. The molecule has 0 radical (unpaired) electrons. The van der Waals surface area contributed by atoms with Crippen molar-refractivity contribution in [2.24, 2.45) is 0 Å². The van der Waals surface area contributed by atoms with Crippen LogP contribution in [-0.2, 0) is 15.0 Å². The van der Waals surface area contributed by atoms with Crippen LogP contribution in [0, 0.1) is 0 Å². The van der Waals surface area contributed by atoms with Gasteiger partial charge in [0.15, 0.2) is 0 Å². The van der Waals surface area contributed by atoms with E-state index in [2.05, 4.69) is 10.6 Å². The van der Waals surface area contributed by atoms with Crippen molar-refractivity contribution >= 4 is 22.1 Å². The second-order valence-electron chi connectivity index (χ2n) is 6.04. The SMILES string of the molecule is CC1CCCCN1S(=O)(=O)N1CCC2(C1)NC(=O)NC2=O. The summed E-state index contributed by atoms with van der Waals surface area (Å²) in [5.41, 5.74) is -1.09. The number of piperidine rings is 1. The molecule has 0 aromatic heterocycles. The second-order valence-corrected chi connectivity index (χ2v) is 7.92. The lowest BCUT2D eigenvalue weighted by molar-refractivity contribution is -0.123. The van der Waals surface area contributed by atoms with E-state index in [1.54, 1.807) is 0 Å². The third-order valence-electron chi connectivity index (χ3n) is 4.61. The largest absolute Gasteiger partial charge is 0.322 e. The quantitative estimate of drug-likeness (QED) is 0.664. The monoisotopic (exact) mass is 316 g/mol. The molecular formula is C12H20N4O4S. The highest BCUT2D eigenvalue weighted by Crippen LogP contribution is 2.30. The van der Waals surface area contributed by atoms with E-state index in [4.69, 9.17) is 0 Å². The molecule has 0 bridgehead atoms. The molecule has 0 aromatic rings. The molecule has 3 heterocycles. The topological polar surface area (TPSA) is 98.8 Å². The molecule has 2 unspecified atom stereocenters. The van der Waals surface area contributed by atoms with Crippen molar-refractivity contribution in [3.8, 4) is 0 Å². The first-order valence-corrected chi connectivity index (χ1v) is 8.65. The van der Waals surface area contributed by atoms with E-state index in [1.807, 2.05) is 6.92 Å². The third-order valence-corrected chi connectivity index (χ3v) is 6.71. The van der Waals surface area contributed by atoms with Gasteiger partial charge in [-0.05, 0) is 26.2 Å². The molecule has 8 nitrogen and oxygen atoms in total. The summed E-state index contributed by atoms with van der Waals surface area (Å²) in [6.45, 7) is 2.69. The number of amides is 3. The number of urea groups is 1. The highest BCUT2D eigenvalue weighted by molar-refractivity contribution is 7.86. The minimum Gasteiger partial charge on any atom is -0.322 e. The number of nitrogens with zero attached hydrogens (tertiary/aromatic N) is 2. The van der Waals surface area contributed by atoms with Gasteiger partial charge in [-0.15, -0.1) is 0 Å². The predicted octanol–water partition coefficient (Wildman–Crippen LogP) is -0.610. The molecule has 2 atom stereocenters. The third kappa shape index (κ3) is 2.33. The molecule has 0 aliphatic carbocycles. The van der Waals surface area contributed by atoms with Crippen LogP contribution in [0.15, 0.2) is 0 Å². The van der Waals surface area contributed by atoms with Crippen LogP contribution in [-0.4, -0.2) is 60.2 Å². The predicted molar refractivity (Wildman–Crippen MR) is 74.5 cm³/mol. The highest BCUT2D eigenvalue weighted by Gasteiger charge is 2.54. The van der Waals surface area contributed by atoms with E-state index in [-0.39, 0.29) is 19.1 Å². The standard InChI is InChI=1S/C12H20N4O4S/c1-9-4-2-3-6-16(9)21(19,20)15-7-5-12(8-15)10(17)13-11(18)14-12/h9H,2-8H2,1H3,(H2,13,14,17,18). The Bertz CT molecular complexity index is 578. The Morgan fingerprint density at radius 2 is 2.00 bits per heavy atom. The first-order valence-electron chi connectivity index (χ1n) is 7.26. The molecule has 3 aliphatic rings. The molecule has 3 amide bonds. The van der Waals surface area contributed by atoms with Crippen LogP contribution < -0.4 is 10.6 Å². The minimum atomic E-state index is -3.58. The molecule has 21 heavy (non-hydrogen) atoms. The Hall–Kier alpha value is -1.19. The minimum absolute atomic E-state index is 0.0100. The van der Waals surface area contributed by atoms with Crippen LogP contribution in [0.25, 0.3) is 0 Å². The fraction of sp³-hybridized carbons (Fsp3) is 0.833. The lowest BCUT2D eigenvalue weighted by Crippen LogP contribution is -2.53. The van der Waals surface area contributed by atoms with Gasteiger partial charge in [0.2, 0.25) is 0 Å². The van der Waals surface area contributed by atoms with Gasteiger partial charge in [0.05, 0.1) is 0 Å². The molecule has 3 aliphatic heterocycles. The molecular weight excluding hydrogens is 296 g/mol. The average molecular weight is 316 g/mol. The number of imide groups is 1. The summed E-state index contributed by atoms with van der Waals surface area (Å²) in [7, 11) is -3.58. The van der Waals surface area contributed by atoms with Crippen LogP contribution >= 0.6 is 0 Å². The molecule has 9 heteroatoms. The second kappa shape index (κ2) is 4.92. The summed E-state index contributed by atoms with van der Waals surface area (Å²) in [4.78, 5) is 23.2. The Kier molecular flexibility index (Phi) is 3.45. The molecule has 0 aromatic carbocycles. The maximum atomic E-state index is 12.7. The Morgan fingerprint density at radius 1 is 1.24 bits per heavy atom. The van der Waals surface area contributed by atoms with Gasteiger partial charge < -0.3 is 5.32 Å². The Labute approximate surface area is 124 Å². The van der Waals surface area contributed by atoms with Crippen molar-refractivity contribution < 1.29 is 18.0 Å². The maximum Gasteiger partial charge on any atom is 0.322 e. The van der Waals surface area contributed by atoms with Crippen molar-refractivity contribution in [1.29, 1.82) is 0 Å². The fourth-order valence-electron chi connectivity index (χ4n) is 3.35. The van der Waals surface area contributed by atoms with Crippen LogP contribution in [0.3, 0.4) is 0 Å². The Balaban J connectivity index is 1.79. The van der Waals surface area contributed by atoms with E-state index in [1.165, 1.54) is 8.61 Å². The van der Waals surface area contributed by atoms with Gasteiger partial charge in [0.25, 0.3) is 16.1 Å². The van der Waals surface area contributed by atoms with Crippen LogP contribution in [0.5, 0.6) is 0 Å². The van der Waals surface area contributed by atoms with E-state index in [9.17, 15) is 18.0 Å². The maximum absolute atomic E-state index is 12.7. The van der Waals surface area contributed by atoms with Gasteiger partial charge in [0.1, 0.15) is 5.54 Å². The van der Waals surface area contributed by atoms with Crippen molar-refractivity contribution in [2.75, 3.05) is 19.6 Å². The average Bonchev–Trinajstić information content (AvgIpc) is 2.95. The van der Waals surface area contributed by atoms with Gasteiger partial charge in [0, 0.05) is 25.7 Å². The zero-order chi connectivity index (χ0) is 15.3. The Morgan fingerprint density at radius 3 is 2.62 bits per heavy atom. The zero-order valence-corrected chi connectivity index (χ0v) is 12.8. The van der Waals surface area contributed by atoms with Crippen LogP contribution in [0.1, 0.15) is 32.6 Å². The number of hydrogen-bond donors (Lipinski definition) is 2. The van der Waals surface area contributed by atoms with Gasteiger partial charge in [-0.25, -0.2) is 4.79 Å². The van der Waals surface area contributed by atoms with Crippen molar-refractivity contribution in [2.45, 2.75) is 44.2 Å². The lowest BCUT2D eigenvalue weighted by Gasteiger charge is -2.35. The molecule has 3 fully saturated rings. The van der Waals surface area contributed by atoms with Gasteiger partial charge in [-0.1, -0.05) is 6.42 Å². The van der Waals surface area contributed by atoms with Gasteiger partial charge in [-0.2, -0.15) is 17.0 Å². The highest BCUT2D eigenvalue weighted by atomic mass is 32.2. The molecule has 3 rings (SSSR count). The van der Waals surface area contributed by atoms with E-state index >= 15 is 0 Å². The number of rotatable bonds is 2. The number of nitrogens with one attached hydrogen (secondary N) is 2. The van der Waals surface area contributed by atoms with Crippen molar-refractivity contribution in [1.82, 2.24) is 19.2 Å². The van der Waals surface area contributed by atoms with Gasteiger partial charge >= 0.3 is 6.03 Å². The van der Waals surface area contributed by atoms with E-state index in [0.29, 0.717) is 13.0 Å². The number of carbonyl (C=O) groups excluding carboxylic acids is 2. The fourth-order valence-corrected chi connectivity index (χ4v) is 5.27. The molecule has 118 valence electrons. The summed E-state index contributed by atoms with van der Waals surface area (Å²) < 4.78 is 28.3. The van der Waals surface area contributed by atoms with E-state index < -0.39 is 27.7 Å². The smallest absolute Gasteiger partial charge is 0.322 e. The van der Waals surface area contributed by atoms with Gasteiger partial charge in [-0.3, -0.25) is 10.1 Å². The number of hydrogen-bond acceptors (Lipinski definition) is 4. The summed E-state index contributed by atoms with van der Waals surface area (Å²) in [5.74, 6) is -0.433. The molecule has 0 saturated carbocycles. The summed E-state index contributed by atoms with van der Waals surface area (Å²) in [6.07, 6.45) is 3.07. The normalized spacial score (nSPS) is 35.2. The van der Waals surface area contributed by atoms with Crippen LogP contribution in [0.2, 0.25) is 0 Å². The van der Waals surface area contributed by atoms with Crippen molar-refractivity contribution in [3.05, 3.63) is 0 Å². The summed E-state index contributed by atoms with van der Waals surface area (Å²) in [6, 6.07) is -0.571. The number of carbonyl (C=O) groups is 2. The summed E-state index contributed by atoms with van der Waals surface area (Å²) in [5, 5.41) is 4.76. The van der Waals surface area contributed by atoms with Crippen LogP contribution in [0.4, 0.5) is 4.79 Å². The molecule has 2 N–H and O–H groups in total.